The normalized spacial score (nSPS) is 11.2. The van der Waals surface area contributed by atoms with Crippen molar-refractivity contribution in [1.82, 2.24) is 14.5 Å². The van der Waals surface area contributed by atoms with Crippen LogP contribution in [0.2, 0.25) is 0 Å². The number of hydrogen-bond acceptors (Lipinski definition) is 4. The van der Waals surface area contributed by atoms with Crippen LogP contribution in [0.3, 0.4) is 0 Å². The molecule has 5 heteroatoms. The average molecular weight is 258 g/mol. The van der Waals surface area contributed by atoms with Gasteiger partial charge in [-0.2, -0.15) is 0 Å². The van der Waals surface area contributed by atoms with E-state index in [0.717, 1.165) is 34.1 Å². The molecular weight excluding hydrogens is 244 g/mol. The van der Waals surface area contributed by atoms with E-state index in [1.165, 1.54) is 0 Å². The fourth-order valence-electron chi connectivity index (χ4n) is 2.10. The van der Waals surface area contributed by atoms with Gasteiger partial charge in [-0.3, -0.25) is 0 Å². The number of rotatable bonds is 3. The van der Waals surface area contributed by atoms with Gasteiger partial charge in [0.05, 0.1) is 11.0 Å². The number of nitrogens with zero attached hydrogens (tertiary/aromatic N) is 3. The van der Waals surface area contributed by atoms with E-state index in [1.54, 1.807) is 11.3 Å². The standard InChI is InChI=1S/C13H14N4S/c1-2-17-11-6-4-3-5-9(11)16-13(17)10-8-18-12(7-14)15-10/h3-6,8H,2,7,14H2,1H3. The number of fused-ring (bicyclic) bond motifs is 1. The highest BCUT2D eigenvalue weighted by atomic mass is 32.1. The van der Waals surface area contributed by atoms with Gasteiger partial charge in [0.15, 0.2) is 5.82 Å². The summed E-state index contributed by atoms with van der Waals surface area (Å²) in [6, 6.07) is 8.16. The molecule has 3 rings (SSSR count). The van der Waals surface area contributed by atoms with E-state index in [9.17, 15) is 0 Å². The SMILES string of the molecule is CCn1c(-c2csc(CN)n2)nc2ccccc21. The quantitative estimate of drug-likeness (QED) is 0.785. The molecule has 0 atom stereocenters. The van der Waals surface area contributed by atoms with Gasteiger partial charge in [0.1, 0.15) is 10.7 Å². The van der Waals surface area contributed by atoms with Gasteiger partial charge >= 0.3 is 0 Å². The summed E-state index contributed by atoms with van der Waals surface area (Å²) in [6.45, 7) is 3.48. The lowest BCUT2D eigenvalue weighted by atomic mass is 10.3. The van der Waals surface area contributed by atoms with Gasteiger partial charge in [0.2, 0.25) is 0 Å². The first-order valence-corrected chi connectivity index (χ1v) is 6.81. The molecule has 0 bridgehead atoms. The fraction of sp³-hybridized carbons (Fsp3) is 0.231. The average Bonchev–Trinajstić information content (AvgIpc) is 3.02. The summed E-state index contributed by atoms with van der Waals surface area (Å²) in [6.07, 6.45) is 0. The maximum absolute atomic E-state index is 5.61. The Bertz CT molecular complexity index is 683. The molecule has 0 saturated heterocycles. The number of aryl methyl sites for hydroxylation is 1. The molecule has 0 fully saturated rings. The molecule has 18 heavy (non-hydrogen) atoms. The molecule has 1 aromatic carbocycles. The van der Waals surface area contributed by atoms with Gasteiger partial charge in [0.25, 0.3) is 0 Å². The molecule has 92 valence electrons. The van der Waals surface area contributed by atoms with Crippen molar-refractivity contribution < 1.29 is 0 Å². The Kier molecular flexibility index (Phi) is 2.85. The summed E-state index contributed by atoms with van der Waals surface area (Å²) in [5.74, 6) is 0.926. The molecule has 0 aliphatic rings. The maximum atomic E-state index is 5.61. The van der Waals surface area contributed by atoms with E-state index >= 15 is 0 Å². The first-order valence-electron chi connectivity index (χ1n) is 5.93. The largest absolute Gasteiger partial charge is 0.325 e. The molecule has 2 heterocycles. The van der Waals surface area contributed by atoms with Crippen LogP contribution in [0.15, 0.2) is 29.6 Å². The van der Waals surface area contributed by atoms with Crippen molar-refractivity contribution in [3.8, 4) is 11.5 Å². The Morgan fingerprint density at radius 2 is 2.11 bits per heavy atom. The Labute approximate surface area is 109 Å². The van der Waals surface area contributed by atoms with Gasteiger partial charge in [-0.15, -0.1) is 11.3 Å². The fourth-order valence-corrected chi connectivity index (χ4v) is 2.75. The number of thiazole rings is 1. The number of aromatic nitrogens is 3. The minimum absolute atomic E-state index is 0.483. The number of benzene rings is 1. The van der Waals surface area contributed by atoms with Gasteiger partial charge < -0.3 is 10.3 Å². The number of hydrogen-bond donors (Lipinski definition) is 1. The van der Waals surface area contributed by atoms with Crippen molar-refractivity contribution in [2.75, 3.05) is 0 Å². The van der Waals surface area contributed by atoms with E-state index in [0.29, 0.717) is 6.54 Å². The van der Waals surface area contributed by atoms with Crippen LogP contribution in [0.25, 0.3) is 22.6 Å². The summed E-state index contributed by atoms with van der Waals surface area (Å²) in [5.41, 5.74) is 8.68. The first kappa shape index (κ1) is 11.4. The van der Waals surface area contributed by atoms with Crippen molar-refractivity contribution in [3.05, 3.63) is 34.7 Å². The molecule has 2 aromatic heterocycles. The van der Waals surface area contributed by atoms with Crippen molar-refractivity contribution in [2.24, 2.45) is 5.73 Å². The second kappa shape index (κ2) is 4.51. The molecule has 3 aromatic rings. The van der Waals surface area contributed by atoms with E-state index in [4.69, 9.17) is 5.73 Å². The highest BCUT2D eigenvalue weighted by molar-refractivity contribution is 7.09. The Morgan fingerprint density at radius 3 is 2.83 bits per heavy atom. The van der Waals surface area contributed by atoms with Crippen LogP contribution in [0.4, 0.5) is 0 Å². The summed E-state index contributed by atoms with van der Waals surface area (Å²) in [4.78, 5) is 9.18. The van der Waals surface area contributed by atoms with Crippen LogP contribution >= 0.6 is 11.3 Å². The highest BCUT2D eigenvalue weighted by Gasteiger charge is 2.13. The molecule has 0 radical (unpaired) electrons. The Balaban J connectivity index is 2.21. The Morgan fingerprint density at radius 1 is 1.28 bits per heavy atom. The van der Waals surface area contributed by atoms with E-state index in [1.807, 2.05) is 23.6 Å². The van der Waals surface area contributed by atoms with Gasteiger partial charge in [0, 0.05) is 18.5 Å². The topological polar surface area (TPSA) is 56.7 Å². The number of para-hydroxylation sites is 2. The summed E-state index contributed by atoms with van der Waals surface area (Å²) in [7, 11) is 0. The van der Waals surface area contributed by atoms with Crippen molar-refractivity contribution in [3.63, 3.8) is 0 Å². The van der Waals surface area contributed by atoms with Gasteiger partial charge in [-0.05, 0) is 19.1 Å². The summed E-state index contributed by atoms with van der Waals surface area (Å²) < 4.78 is 2.19. The van der Waals surface area contributed by atoms with Crippen LogP contribution < -0.4 is 5.73 Å². The summed E-state index contributed by atoms with van der Waals surface area (Å²) in [5, 5.41) is 2.97. The van der Waals surface area contributed by atoms with Crippen LogP contribution in [0, 0.1) is 0 Å². The smallest absolute Gasteiger partial charge is 0.160 e. The number of imidazole rings is 1. The van der Waals surface area contributed by atoms with Crippen molar-refractivity contribution in [1.29, 1.82) is 0 Å². The monoisotopic (exact) mass is 258 g/mol. The van der Waals surface area contributed by atoms with Crippen LogP contribution in [0.5, 0.6) is 0 Å². The molecule has 0 unspecified atom stereocenters. The van der Waals surface area contributed by atoms with Crippen LogP contribution in [-0.4, -0.2) is 14.5 Å². The third kappa shape index (κ3) is 1.72. The predicted octanol–water partition coefficient (Wildman–Crippen LogP) is 2.64. The van der Waals surface area contributed by atoms with E-state index < -0.39 is 0 Å². The Hall–Kier alpha value is -1.72. The molecule has 2 N–H and O–H groups in total. The highest BCUT2D eigenvalue weighted by Crippen LogP contribution is 2.25. The van der Waals surface area contributed by atoms with E-state index in [-0.39, 0.29) is 0 Å². The number of nitrogens with two attached hydrogens (primary N) is 1. The third-order valence-electron chi connectivity index (χ3n) is 2.93. The minimum atomic E-state index is 0.483. The zero-order valence-corrected chi connectivity index (χ0v) is 10.9. The van der Waals surface area contributed by atoms with Gasteiger partial charge in [-0.1, -0.05) is 12.1 Å². The lowest BCUT2D eigenvalue weighted by molar-refractivity contribution is 0.793. The molecule has 0 spiro atoms. The molecule has 0 saturated carbocycles. The zero-order chi connectivity index (χ0) is 12.5. The predicted molar refractivity (Wildman–Crippen MR) is 74.4 cm³/mol. The van der Waals surface area contributed by atoms with Gasteiger partial charge in [-0.25, -0.2) is 9.97 Å². The second-order valence-corrected chi connectivity index (χ2v) is 4.94. The maximum Gasteiger partial charge on any atom is 0.160 e. The molecule has 0 aliphatic carbocycles. The lowest BCUT2D eigenvalue weighted by Gasteiger charge is -2.03. The molecule has 0 aliphatic heterocycles. The molecular formula is C13H14N4S. The zero-order valence-electron chi connectivity index (χ0n) is 10.1. The lowest BCUT2D eigenvalue weighted by Crippen LogP contribution is -1.99. The first-order chi connectivity index (χ1) is 8.83. The van der Waals surface area contributed by atoms with Crippen LogP contribution in [-0.2, 0) is 13.1 Å². The second-order valence-electron chi connectivity index (χ2n) is 4.00. The summed E-state index contributed by atoms with van der Waals surface area (Å²) >= 11 is 1.58. The van der Waals surface area contributed by atoms with Crippen molar-refractivity contribution in [2.45, 2.75) is 20.0 Å². The van der Waals surface area contributed by atoms with Crippen LogP contribution in [0.1, 0.15) is 11.9 Å². The third-order valence-corrected chi connectivity index (χ3v) is 3.80. The van der Waals surface area contributed by atoms with Crippen molar-refractivity contribution >= 4 is 22.4 Å². The van der Waals surface area contributed by atoms with E-state index in [2.05, 4.69) is 27.5 Å². The minimum Gasteiger partial charge on any atom is -0.325 e. The molecule has 4 nitrogen and oxygen atoms in total. The molecule has 0 amide bonds.